The summed E-state index contributed by atoms with van der Waals surface area (Å²) >= 11 is 6.23. The second-order valence-electron chi connectivity index (χ2n) is 9.00. The Bertz CT molecular complexity index is 1070. The molecule has 0 aliphatic carbocycles. The summed E-state index contributed by atoms with van der Waals surface area (Å²) in [4.78, 5) is 30.4. The Morgan fingerprint density at radius 3 is 2.41 bits per heavy atom. The quantitative estimate of drug-likeness (QED) is 0.428. The van der Waals surface area contributed by atoms with Gasteiger partial charge in [0.05, 0.1) is 5.02 Å². The van der Waals surface area contributed by atoms with Crippen molar-refractivity contribution in [2.45, 2.75) is 45.3 Å². The second kappa shape index (κ2) is 10.6. The summed E-state index contributed by atoms with van der Waals surface area (Å²) in [6.45, 7) is 6.80. The van der Waals surface area contributed by atoms with E-state index in [0.29, 0.717) is 42.5 Å². The zero-order valence-corrected chi connectivity index (χ0v) is 20.3. The van der Waals surface area contributed by atoms with Crippen molar-refractivity contribution >= 4 is 35.2 Å². The van der Waals surface area contributed by atoms with E-state index in [1.165, 1.54) is 0 Å². The Labute approximate surface area is 204 Å². The van der Waals surface area contributed by atoms with E-state index in [1.54, 1.807) is 36.4 Å². The molecule has 1 aliphatic heterocycles. The summed E-state index contributed by atoms with van der Waals surface area (Å²) in [5.74, 6) is -0.0130. The predicted molar refractivity (Wildman–Crippen MR) is 133 cm³/mol. The van der Waals surface area contributed by atoms with Crippen molar-refractivity contribution in [3.05, 3.63) is 53.1 Å². The monoisotopic (exact) mass is 487 g/mol. The number of nitrogens with zero attached hydrogens (tertiary/aromatic N) is 2. The molecule has 1 aliphatic rings. The first-order valence-corrected chi connectivity index (χ1v) is 11.3. The summed E-state index contributed by atoms with van der Waals surface area (Å²) in [6.07, 6.45) is 1.00. The number of hydrogen-bond acceptors (Lipinski definition) is 5. The molecular formula is C24H30ClN5O4. The topological polar surface area (TPSA) is 132 Å². The van der Waals surface area contributed by atoms with E-state index in [4.69, 9.17) is 32.5 Å². The minimum Gasteiger partial charge on any atom is -0.456 e. The van der Waals surface area contributed by atoms with Crippen molar-refractivity contribution in [1.82, 2.24) is 5.32 Å². The molecule has 0 saturated carbocycles. The maximum Gasteiger partial charge on any atom is 0.407 e. The van der Waals surface area contributed by atoms with Crippen LogP contribution < -0.4 is 26.4 Å². The van der Waals surface area contributed by atoms with Crippen LogP contribution in [0.2, 0.25) is 5.02 Å². The van der Waals surface area contributed by atoms with E-state index in [2.05, 4.69) is 15.2 Å². The molecule has 1 fully saturated rings. The number of rotatable bonds is 5. The maximum atomic E-state index is 12.5. The van der Waals surface area contributed by atoms with Crippen molar-refractivity contribution in [3.63, 3.8) is 0 Å². The summed E-state index contributed by atoms with van der Waals surface area (Å²) in [5, 5.41) is 3.37. The average Bonchev–Trinajstić information content (AvgIpc) is 2.74. The molecule has 0 spiro atoms. The number of piperidine rings is 1. The highest BCUT2D eigenvalue weighted by Gasteiger charge is 2.24. The number of hydrogen-bond donors (Lipinski definition) is 3. The smallest absolute Gasteiger partial charge is 0.407 e. The van der Waals surface area contributed by atoms with Crippen LogP contribution in [0.15, 0.2) is 47.5 Å². The molecule has 182 valence electrons. The van der Waals surface area contributed by atoms with Gasteiger partial charge in [-0.25, -0.2) is 4.79 Å². The van der Waals surface area contributed by atoms with E-state index in [0.717, 1.165) is 5.69 Å². The Balaban J connectivity index is 1.78. The molecule has 9 nitrogen and oxygen atoms in total. The number of carbonyl (C=O) groups is 2. The van der Waals surface area contributed by atoms with E-state index in [-0.39, 0.29) is 17.6 Å². The number of guanidine groups is 1. The van der Waals surface area contributed by atoms with E-state index < -0.39 is 17.6 Å². The summed E-state index contributed by atoms with van der Waals surface area (Å²) in [7, 11) is 0. The third-order valence-electron chi connectivity index (χ3n) is 5.01. The lowest BCUT2D eigenvalue weighted by molar-refractivity contribution is 0.0497. The summed E-state index contributed by atoms with van der Waals surface area (Å²) in [6, 6.07) is 12.2. The van der Waals surface area contributed by atoms with E-state index in [9.17, 15) is 9.59 Å². The number of aliphatic imine (C=N–C) groups is 1. The van der Waals surface area contributed by atoms with Crippen LogP contribution in [-0.2, 0) is 4.74 Å². The highest BCUT2D eigenvalue weighted by Crippen LogP contribution is 2.33. The van der Waals surface area contributed by atoms with Gasteiger partial charge >= 0.3 is 6.09 Å². The fraction of sp³-hybridized carbons (Fsp3) is 0.375. The van der Waals surface area contributed by atoms with Gasteiger partial charge in [0.25, 0.3) is 5.91 Å². The van der Waals surface area contributed by atoms with Crippen molar-refractivity contribution < 1.29 is 19.1 Å². The van der Waals surface area contributed by atoms with Gasteiger partial charge in [0.15, 0.2) is 5.96 Å². The second-order valence-corrected chi connectivity index (χ2v) is 9.40. The number of benzene rings is 2. The average molecular weight is 488 g/mol. The Kier molecular flexibility index (Phi) is 7.88. The van der Waals surface area contributed by atoms with Crippen molar-refractivity contribution in [1.29, 1.82) is 0 Å². The molecule has 1 saturated heterocycles. The molecule has 0 radical (unpaired) electrons. The number of carbonyl (C=O) groups excluding carboxylic acids is 2. The first-order valence-electron chi connectivity index (χ1n) is 11.0. The number of alkyl carbamates (subject to hydrolysis) is 1. The molecule has 5 N–H and O–H groups in total. The zero-order valence-electron chi connectivity index (χ0n) is 19.5. The lowest BCUT2D eigenvalue weighted by Gasteiger charge is -2.34. The van der Waals surface area contributed by atoms with Gasteiger partial charge in [-0.1, -0.05) is 23.7 Å². The molecule has 0 unspecified atom stereocenters. The Hall–Kier alpha value is -3.46. The van der Waals surface area contributed by atoms with Crippen LogP contribution in [0.4, 0.5) is 10.5 Å². The van der Waals surface area contributed by atoms with Crippen LogP contribution in [0.5, 0.6) is 11.5 Å². The number of nitrogens with two attached hydrogens (primary N) is 2. The van der Waals surface area contributed by atoms with Gasteiger partial charge in [-0.3, -0.25) is 4.79 Å². The minimum absolute atomic E-state index is 0.00333. The molecule has 3 rings (SSSR count). The van der Waals surface area contributed by atoms with Crippen LogP contribution >= 0.6 is 11.6 Å². The van der Waals surface area contributed by atoms with Crippen LogP contribution in [-0.4, -0.2) is 42.7 Å². The number of para-hydroxylation sites is 1. The first-order chi connectivity index (χ1) is 16.0. The molecular weight excluding hydrogens is 458 g/mol. The van der Waals surface area contributed by atoms with Crippen LogP contribution in [0, 0.1) is 0 Å². The van der Waals surface area contributed by atoms with Gasteiger partial charge in [-0.2, -0.15) is 4.99 Å². The van der Waals surface area contributed by atoms with Gasteiger partial charge in [0.1, 0.15) is 17.1 Å². The number of amides is 2. The molecule has 0 aromatic heterocycles. The van der Waals surface area contributed by atoms with Gasteiger partial charge in [0, 0.05) is 36.4 Å². The SMILES string of the molecule is CC(C)(C)OC(=O)NC1CCN(c2cc(Oc3ccccc3Cl)cc(C(=O)N=C(N)N)c2)CC1. The number of anilines is 1. The van der Waals surface area contributed by atoms with Crippen molar-refractivity contribution in [3.8, 4) is 11.5 Å². The Morgan fingerprint density at radius 2 is 1.79 bits per heavy atom. The molecule has 0 bridgehead atoms. The molecule has 0 atom stereocenters. The molecule has 34 heavy (non-hydrogen) atoms. The van der Waals surface area contributed by atoms with Crippen LogP contribution in [0.25, 0.3) is 0 Å². The fourth-order valence-corrected chi connectivity index (χ4v) is 3.72. The van der Waals surface area contributed by atoms with Crippen LogP contribution in [0.1, 0.15) is 44.0 Å². The first kappa shape index (κ1) is 25.2. The largest absolute Gasteiger partial charge is 0.456 e. The van der Waals surface area contributed by atoms with Gasteiger partial charge in [-0.05, 0) is 57.9 Å². The molecule has 1 heterocycles. The molecule has 2 aromatic carbocycles. The highest BCUT2D eigenvalue weighted by molar-refractivity contribution is 6.32. The molecule has 10 heteroatoms. The van der Waals surface area contributed by atoms with Gasteiger partial charge in [0.2, 0.25) is 0 Å². The normalized spacial score (nSPS) is 14.3. The lowest BCUT2D eigenvalue weighted by atomic mass is 10.0. The standard InChI is InChI=1S/C24H30ClN5O4/c1-24(2,3)34-23(32)28-16-8-10-30(11-9-16)17-12-15(21(31)29-22(26)27)13-18(14-17)33-20-7-5-4-6-19(20)25/h4-7,12-14,16H,8-11H2,1-3H3,(H,28,32)(H4,26,27,29,31). The van der Waals surface area contributed by atoms with E-state index >= 15 is 0 Å². The van der Waals surface area contributed by atoms with E-state index in [1.807, 2.05) is 26.8 Å². The van der Waals surface area contributed by atoms with Crippen LogP contribution in [0.3, 0.4) is 0 Å². The minimum atomic E-state index is -0.577. The Morgan fingerprint density at radius 1 is 1.12 bits per heavy atom. The zero-order chi connectivity index (χ0) is 24.9. The third-order valence-corrected chi connectivity index (χ3v) is 5.33. The molecule has 2 amide bonds. The van der Waals surface area contributed by atoms with Gasteiger partial charge < -0.3 is 31.2 Å². The number of halogens is 1. The van der Waals surface area contributed by atoms with Crippen molar-refractivity contribution in [2.24, 2.45) is 16.5 Å². The number of nitrogens with one attached hydrogen (secondary N) is 1. The highest BCUT2D eigenvalue weighted by atomic mass is 35.5. The summed E-state index contributed by atoms with van der Waals surface area (Å²) in [5.41, 5.74) is 11.3. The fourth-order valence-electron chi connectivity index (χ4n) is 3.54. The number of ether oxygens (including phenoxy) is 2. The lowest BCUT2D eigenvalue weighted by Crippen LogP contribution is -2.46. The summed E-state index contributed by atoms with van der Waals surface area (Å²) < 4.78 is 11.3. The predicted octanol–water partition coefficient (Wildman–Crippen LogP) is 4.04. The van der Waals surface area contributed by atoms with Crippen molar-refractivity contribution in [2.75, 3.05) is 18.0 Å². The third kappa shape index (κ3) is 7.28. The van der Waals surface area contributed by atoms with Gasteiger partial charge in [-0.15, -0.1) is 0 Å². The molecule has 2 aromatic rings. The maximum absolute atomic E-state index is 12.5.